The van der Waals surface area contributed by atoms with Crippen molar-refractivity contribution < 1.29 is 14.0 Å². The zero-order chi connectivity index (χ0) is 15.0. The number of carbonyl (C=O) groups is 2. The van der Waals surface area contributed by atoms with Gasteiger partial charge in [0.25, 0.3) is 0 Å². The van der Waals surface area contributed by atoms with Gasteiger partial charge in [-0.15, -0.1) is 0 Å². The van der Waals surface area contributed by atoms with Crippen LogP contribution in [-0.4, -0.2) is 11.7 Å². The number of fused-ring (bicyclic) bond motifs is 1. The van der Waals surface area contributed by atoms with Gasteiger partial charge in [0, 0.05) is 22.1 Å². The fourth-order valence-corrected chi connectivity index (χ4v) is 2.69. The van der Waals surface area contributed by atoms with Crippen molar-refractivity contribution in [3.05, 3.63) is 63.4 Å². The monoisotopic (exact) mass is 347 g/mol. The molecule has 0 saturated carbocycles. The first-order valence-corrected chi connectivity index (χ1v) is 7.26. The lowest BCUT2D eigenvalue weighted by molar-refractivity contribution is -0.116. The van der Waals surface area contributed by atoms with Gasteiger partial charge in [-0.05, 0) is 48.4 Å². The highest BCUT2D eigenvalue weighted by Gasteiger charge is 2.19. The Labute approximate surface area is 129 Å². The van der Waals surface area contributed by atoms with E-state index in [1.54, 1.807) is 24.3 Å². The maximum absolute atomic E-state index is 13.9. The topological polar surface area (TPSA) is 46.2 Å². The Morgan fingerprint density at radius 3 is 2.71 bits per heavy atom. The Balaban J connectivity index is 1.97. The van der Waals surface area contributed by atoms with Crippen LogP contribution in [0.4, 0.5) is 10.1 Å². The van der Waals surface area contributed by atoms with E-state index >= 15 is 0 Å². The van der Waals surface area contributed by atoms with Gasteiger partial charge in [-0.2, -0.15) is 0 Å². The van der Waals surface area contributed by atoms with Gasteiger partial charge in [0.2, 0.25) is 5.91 Å². The van der Waals surface area contributed by atoms with Crippen molar-refractivity contribution in [3.8, 4) is 0 Å². The predicted octanol–water partition coefficient (Wildman–Crippen LogP) is 3.70. The molecule has 0 aliphatic carbocycles. The van der Waals surface area contributed by atoms with Gasteiger partial charge in [-0.1, -0.05) is 15.9 Å². The summed E-state index contributed by atoms with van der Waals surface area (Å²) in [5.41, 5.74) is 2.08. The lowest BCUT2D eigenvalue weighted by Crippen LogP contribution is -2.19. The minimum Gasteiger partial charge on any atom is -0.326 e. The third kappa shape index (κ3) is 2.74. The summed E-state index contributed by atoms with van der Waals surface area (Å²) in [6.45, 7) is 0. The Morgan fingerprint density at radius 1 is 1.14 bits per heavy atom. The Hall–Kier alpha value is -2.01. The third-order valence-electron chi connectivity index (χ3n) is 3.44. The van der Waals surface area contributed by atoms with Crippen LogP contribution in [0.2, 0.25) is 0 Å². The Morgan fingerprint density at radius 2 is 1.95 bits per heavy atom. The molecule has 1 aliphatic rings. The first-order chi connectivity index (χ1) is 10.0. The predicted molar refractivity (Wildman–Crippen MR) is 80.9 cm³/mol. The van der Waals surface area contributed by atoms with E-state index in [0.29, 0.717) is 22.9 Å². The third-order valence-corrected chi connectivity index (χ3v) is 3.93. The second kappa shape index (κ2) is 5.41. The van der Waals surface area contributed by atoms with Crippen molar-refractivity contribution in [2.45, 2.75) is 12.8 Å². The molecule has 0 unspecified atom stereocenters. The van der Waals surface area contributed by atoms with E-state index in [4.69, 9.17) is 0 Å². The van der Waals surface area contributed by atoms with Crippen LogP contribution in [0.25, 0.3) is 0 Å². The van der Waals surface area contributed by atoms with E-state index in [-0.39, 0.29) is 17.3 Å². The lowest BCUT2D eigenvalue weighted by Gasteiger charge is -2.17. The number of hydrogen-bond donors (Lipinski definition) is 1. The fraction of sp³-hybridized carbons (Fsp3) is 0.125. The van der Waals surface area contributed by atoms with Crippen LogP contribution in [0.3, 0.4) is 0 Å². The van der Waals surface area contributed by atoms with Crippen LogP contribution < -0.4 is 5.32 Å². The van der Waals surface area contributed by atoms with E-state index in [1.165, 1.54) is 12.1 Å². The molecule has 1 aliphatic heterocycles. The van der Waals surface area contributed by atoms with Gasteiger partial charge in [-0.3, -0.25) is 9.59 Å². The molecule has 2 aromatic carbocycles. The van der Waals surface area contributed by atoms with Gasteiger partial charge in [-0.25, -0.2) is 4.39 Å². The SMILES string of the molecule is O=C1CCc2cc(C(=O)c3ccc(Br)cc3F)ccc2N1. The number of nitrogens with one attached hydrogen (secondary N) is 1. The second-order valence-electron chi connectivity index (χ2n) is 4.87. The molecule has 1 heterocycles. The van der Waals surface area contributed by atoms with Crippen LogP contribution >= 0.6 is 15.9 Å². The molecule has 3 rings (SSSR count). The standard InChI is InChI=1S/C16H11BrFNO2/c17-11-3-4-12(13(18)8-11)16(21)10-1-5-14-9(7-10)2-6-15(20)19-14/h1,3-5,7-8H,2,6H2,(H,19,20). The molecule has 3 nitrogen and oxygen atoms in total. The largest absolute Gasteiger partial charge is 0.326 e. The highest BCUT2D eigenvalue weighted by molar-refractivity contribution is 9.10. The number of aryl methyl sites for hydroxylation is 1. The number of hydrogen-bond acceptors (Lipinski definition) is 2. The summed E-state index contributed by atoms with van der Waals surface area (Å²) in [7, 11) is 0. The molecule has 0 bridgehead atoms. The molecule has 1 amide bonds. The molecule has 106 valence electrons. The van der Waals surface area contributed by atoms with Gasteiger partial charge in [0.15, 0.2) is 5.78 Å². The molecule has 5 heteroatoms. The molecular weight excluding hydrogens is 337 g/mol. The minimum absolute atomic E-state index is 0.0273. The molecule has 2 aromatic rings. The van der Waals surface area contributed by atoms with Crippen LogP contribution in [-0.2, 0) is 11.2 Å². The molecule has 0 aromatic heterocycles. The summed E-state index contributed by atoms with van der Waals surface area (Å²) in [6.07, 6.45) is 0.988. The second-order valence-corrected chi connectivity index (χ2v) is 5.79. The molecule has 0 saturated heterocycles. The quantitative estimate of drug-likeness (QED) is 0.842. The van der Waals surface area contributed by atoms with Crippen LogP contribution in [0, 0.1) is 5.82 Å². The fourth-order valence-electron chi connectivity index (χ4n) is 2.35. The molecule has 0 radical (unpaired) electrons. The summed E-state index contributed by atoms with van der Waals surface area (Å²) in [5, 5.41) is 2.75. The van der Waals surface area contributed by atoms with Crippen molar-refractivity contribution >= 4 is 33.3 Å². The Bertz CT molecular complexity index is 758. The summed E-state index contributed by atoms with van der Waals surface area (Å²) in [6, 6.07) is 9.38. The van der Waals surface area contributed by atoms with Crippen molar-refractivity contribution in [1.82, 2.24) is 0 Å². The maximum atomic E-state index is 13.9. The van der Waals surface area contributed by atoms with Gasteiger partial charge in [0.05, 0.1) is 5.56 Å². The molecular formula is C16H11BrFNO2. The average molecular weight is 348 g/mol. The van der Waals surface area contributed by atoms with Gasteiger partial charge < -0.3 is 5.32 Å². The molecule has 21 heavy (non-hydrogen) atoms. The lowest BCUT2D eigenvalue weighted by atomic mass is 9.96. The minimum atomic E-state index is -0.555. The van der Waals surface area contributed by atoms with Crippen LogP contribution in [0.1, 0.15) is 27.9 Å². The van der Waals surface area contributed by atoms with Crippen molar-refractivity contribution in [1.29, 1.82) is 0 Å². The zero-order valence-electron chi connectivity index (χ0n) is 11.0. The van der Waals surface area contributed by atoms with Crippen molar-refractivity contribution in [2.75, 3.05) is 5.32 Å². The molecule has 1 N–H and O–H groups in total. The first kappa shape index (κ1) is 13.9. The highest BCUT2D eigenvalue weighted by Crippen LogP contribution is 2.25. The van der Waals surface area contributed by atoms with E-state index < -0.39 is 5.82 Å². The van der Waals surface area contributed by atoms with E-state index in [0.717, 1.165) is 11.3 Å². The number of ketones is 1. The van der Waals surface area contributed by atoms with Crippen molar-refractivity contribution in [3.63, 3.8) is 0 Å². The summed E-state index contributed by atoms with van der Waals surface area (Å²) in [5.74, 6) is -0.944. The average Bonchev–Trinajstić information content (AvgIpc) is 2.46. The van der Waals surface area contributed by atoms with Crippen LogP contribution in [0.5, 0.6) is 0 Å². The van der Waals surface area contributed by atoms with E-state index in [2.05, 4.69) is 21.2 Å². The highest BCUT2D eigenvalue weighted by atomic mass is 79.9. The number of halogens is 2. The summed E-state index contributed by atoms with van der Waals surface area (Å²) >= 11 is 3.17. The van der Waals surface area contributed by atoms with E-state index in [1.807, 2.05) is 0 Å². The smallest absolute Gasteiger partial charge is 0.224 e. The number of amides is 1. The number of rotatable bonds is 2. The van der Waals surface area contributed by atoms with Crippen LogP contribution in [0.15, 0.2) is 40.9 Å². The molecule has 0 spiro atoms. The molecule has 0 fully saturated rings. The summed E-state index contributed by atoms with van der Waals surface area (Å²) in [4.78, 5) is 23.7. The normalized spacial score (nSPS) is 13.5. The Kier molecular flexibility index (Phi) is 3.59. The summed E-state index contributed by atoms with van der Waals surface area (Å²) < 4.78 is 14.5. The zero-order valence-corrected chi connectivity index (χ0v) is 12.5. The number of carbonyl (C=O) groups excluding carboxylic acids is 2. The maximum Gasteiger partial charge on any atom is 0.224 e. The van der Waals surface area contributed by atoms with Gasteiger partial charge in [0.1, 0.15) is 5.82 Å². The van der Waals surface area contributed by atoms with Crippen molar-refractivity contribution in [2.24, 2.45) is 0 Å². The molecule has 0 atom stereocenters. The first-order valence-electron chi connectivity index (χ1n) is 6.47. The number of benzene rings is 2. The van der Waals surface area contributed by atoms with E-state index in [9.17, 15) is 14.0 Å². The number of anilines is 1. The van der Waals surface area contributed by atoms with Gasteiger partial charge >= 0.3 is 0 Å².